The standard InChI is InChI=1S/C27H34N2O5/c1-16(2)19-15-20(17(3)14-22(19)34-7)25(30)23-24(18-10-8-9-11-21(18)33-6)29(13-12-28(4)5)27(32)26(23)31/h8-11,14-16,24,30H,12-13H2,1-7H3/b25-23+. The highest BCUT2D eigenvalue weighted by Gasteiger charge is 2.47. The van der Waals surface area contributed by atoms with E-state index >= 15 is 0 Å². The highest BCUT2D eigenvalue weighted by atomic mass is 16.5. The number of ether oxygens (including phenoxy) is 2. The molecule has 1 fully saturated rings. The summed E-state index contributed by atoms with van der Waals surface area (Å²) in [7, 11) is 6.97. The topological polar surface area (TPSA) is 79.3 Å². The number of aliphatic hydroxyl groups excluding tert-OH is 1. The first kappa shape index (κ1) is 25.3. The van der Waals surface area contributed by atoms with Gasteiger partial charge in [-0.2, -0.15) is 0 Å². The summed E-state index contributed by atoms with van der Waals surface area (Å²) in [5.74, 6) is -0.123. The number of amides is 1. The summed E-state index contributed by atoms with van der Waals surface area (Å²) in [4.78, 5) is 30.0. The Morgan fingerprint density at radius 3 is 2.32 bits per heavy atom. The molecule has 1 aliphatic heterocycles. The number of aliphatic hydroxyl groups is 1. The molecule has 1 atom stereocenters. The fourth-order valence-corrected chi connectivity index (χ4v) is 4.36. The number of rotatable bonds is 8. The van der Waals surface area contributed by atoms with E-state index in [2.05, 4.69) is 0 Å². The number of Topliss-reactive ketones (excluding diaryl/α,β-unsaturated/α-hetero) is 1. The first-order valence-electron chi connectivity index (χ1n) is 11.4. The Morgan fingerprint density at radius 2 is 1.74 bits per heavy atom. The molecule has 1 aliphatic rings. The van der Waals surface area contributed by atoms with Crippen LogP contribution in [0.3, 0.4) is 0 Å². The molecule has 0 aliphatic carbocycles. The third-order valence-electron chi connectivity index (χ3n) is 6.22. The van der Waals surface area contributed by atoms with Crippen molar-refractivity contribution >= 4 is 17.4 Å². The molecule has 0 aromatic heterocycles. The lowest BCUT2D eigenvalue weighted by Crippen LogP contribution is -2.35. The molecule has 7 nitrogen and oxygen atoms in total. The molecule has 2 aromatic rings. The third kappa shape index (κ3) is 4.66. The SMILES string of the molecule is COc1cc(C)c(/C(O)=C2\C(=O)C(=O)N(CCN(C)C)C2c2ccccc2OC)cc1C(C)C. The van der Waals surface area contributed by atoms with Crippen molar-refractivity contribution < 1.29 is 24.2 Å². The van der Waals surface area contributed by atoms with Crippen LogP contribution in [0.2, 0.25) is 0 Å². The van der Waals surface area contributed by atoms with Crippen molar-refractivity contribution in [2.45, 2.75) is 32.7 Å². The molecule has 2 aromatic carbocycles. The Labute approximate surface area is 201 Å². The van der Waals surface area contributed by atoms with Crippen LogP contribution in [-0.4, -0.2) is 68.0 Å². The smallest absolute Gasteiger partial charge is 0.295 e. The monoisotopic (exact) mass is 466 g/mol. The van der Waals surface area contributed by atoms with Crippen molar-refractivity contribution in [3.05, 3.63) is 64.2 Å². The lowest BCUT2D eigenvalue weighted by Gasteiger charge is -2.27. The van der Waals surface area contributed by atoms with E-state index in [-0.39, 0.29) is 17.3 Å². The molecule has 1 N–H and O–H groups in total. The number of ketones is 1. The first-order chi connectivity index (χ1) is 16.1. The van der Waals surface area contributed by atoms with Crippen molar-refractivity contribution in [2.75, 3.05) is 41.4 Å². The molecule has 7 heteroatoms. The van der Waals surface area contributed by atoms with E-state index in [9.17, 15) is 14.7 Å². The van der Waals surface area contributed by atoms with Crippen LogP contribution in [0.1, 0.15) is 48.1 Å². The minimum atomic E-state index is -0.764. The first-order valence-corrected chi connectivity index (χ1v) is 11.4. The lowest BCUT2D eigenvalue weighted by atomic mass is 9.90. The number of para-hydroxylation sites is 1. The van der Waals surface area contributed by atoms with Gasteiger partial charge in [0.1, 0.15) is 17.3 Å². The van der Waals surface area contributed by atoms with E-state index in [0.717, 1.165) is 16.9 Å². The number of nitrogens with zero attached hydrogens (tertiary/aromatic N) is 2. The summed E-state index contributed by atoms with van der Waals surface area (Å²) in [6, 6.07) is 10.2. The summed E-state index contributed by atoms with van der Waals surface area (Å²) in [5.41, 5.74) is 2.88. The predicted octanol–water partition coefficient (Wildman–Crippen LogP) is 4.12. The number of likely N-dealkylation sites (tertiary alicyclic amines) is 1. The van der Waals surface area contributed by atoms with Crippen LogP contribution in [0.5, 0.6) is 11.5 Å². The van der Waals surface area contributed by atoms with Crippen LogP contribution in [0.15, 0.2) is 42.0 Å². The highest BCUT2D eigenvalue weighted by molar-refractivity contribution is 6.46. The molecule has 34 heavy (non-hydrogen) atoms. The number of benzene rings is 2. The van der Waals surface area contributed by atoms with Crippen LogP contribution in [0, 0.1) is 6.92 Å². The van der Waals surface area contributed by atoms with Crippen molar-refractivity contribution in [1.82, 2.24) is 9.80 Å². The fraction of sp³-hybridized carbons (Fsp3) is 0.407. The summed E-state index contributed by atoms with van der Waals surface area (Å²) in [6.07, 6.45) is 0. The van der Waals surface area contributed by atoms with Gasteiger partial charge in [0.2, 0.25) is 0 Å². The number of carbonyl (C=O) groups excluding carboxylic acids is 2. The van der Waals surface area contributed by atoms with Gasteiger partial charge in [0, 0.05) is 24.2 Å². The van der Waals surface area contributed by atoms with Gasteiger partial charge in [-0.25, -0.2) is 0 Å². The van der Waals surface area contributed by atoms with Gasteiger partial charge >= 0.3 is 0 Å². The summed E-state index contributed by atoms with van der Waals surface area (Å²) < 4.78 is 11.1. The Morgan fingerprint density at radius 1 is 1.09 bits per heavy atom. The molecule has 1 saturated heterocycles. The average molecular weight is 467 g/mol. The zero-order valence-corrected chi connectivity index (χ0v) is 21.0. The quantitative estimate of drug-likeness (QED) is 0.358. The van der Waals surface area contributed by atoms with E-state index in [1.54, 1.807) is 20.3 Å². The van der Waals surface area contributed by atoms with Crippen molar-refractivity contribution in [3.8, 4) is 11.5 Å². The Kier molecular flexibility index (Phi) is 7.67. The third-order valence-corrected chi connectivity index (χ3v) is 6.22. The molecule has 1 amide bonds. The second-order valence-electron chi connectivity index (χ2n) is 9.10. The summed E-state index contributed by atoms with van der Waals surface area (Å²) >= 11 is 0. The number of methoxy groups -OCH3 is 2. The van der Waals surface area contributed by atoms with Crippen LogP contribution in [-0.2, 0) is 9.59 Å². The van der Waals surface area contributed by atoms with Gasteiger partial charge in [-0.05, 0) is 56.3 Å². The molecule has 3 rings (SSSR count). The molecule has 0 bridgehead atoms. The summed E-state index contributed by atoms with van der Waals surface area (Å²) in [5, 5.41) is 11.5. The summed E-state index contributed by atoms with van der Waals surface area (Å²) in [6.45, 7) is 6.81. The van der Waals surface area contributed by atoms with Gasteiger partial charge in [-0.1, -0.05) is 32.0 Å². The van der Waals surface area contributed by atoms with Gasteiger partial charge in [-0.3, -0.25) is 9.59 Å². The van der Waals surface area contributed by atoms with E-state index in [0.29, 0.717) is 30.0 Å². The lowest BCUT2D eigenvalue weighted by molar-refractivity contribution is -0.140. The Bertz CT molecular complexity index is 1120. The van der Waals surface area contributed by atoms with Gasteiger partial charge in [0.25, 0.3) is 11.7 Å². The van der Waals surface area contributed by atoms with E-state index in [1.165, 1.54) is 4.90 Å². The number of likely N-dealkylation sites (N-methyl/N-ethyl adjacent to an activating group) is 1. The minimum absolute atomic E-state index is 0.0660. The maximum Gasteiger partial charge on any atom is 0.295 e. The number of aryl methyl sites for hydroxylation is 1. The molecule has 182 valence electrons. The zero-order valence-electron chi connectivity index (χ0n) is 21.0. The van der Waals surface area contributed by atoms with Crippen LogP contribution < -0.4 is 9.47 Å². The van der Waals surface area contributed by atoms with Crippen LogP contribution in [0.25, 0.3) is 5.76 Å². The van der Waals surface area contributed by atoms with Crippen LogP contribution in [0.4, 0.5) is 0 Å². The molecular weight excluding hydrogens is 432 g/mol. The number of hydrogen-bond donors (Lipinski definition) is 1. The molecule has 0 radical (unpaired) electrons. The molecular formula is C27H34N2O5. The average Bonchev–Trinajstić information content (AvgIpc) is 3.06. The Hall–Kier alpha value is -3.32. The van der Waals surface area contributed by atoms with Crippen molar-refractivity contribution in [3.63, 3.8) is 0 Å². The predicted molar refractivity (Wildman–Crippen MR) is 132 cm³/mol. The van der Waals surface area contributed by atoms with Gasteiger partial charge in [-0.15, -0.1) is 0 Å². The Balaban J connectivity index is 2.27. The minimum Gasteiger partial charge on any atom is -0.507 e. The fourth-order valence-electron chi connectivity index (χ4n) is 4.36. The molecule has 1 unspecified atom stereocenters. The second-order valence-corrected chi connectivity index (χ2v) is 9.10. The maximum absolute atomic E-state index is 13.3. The van der Waals surface area contributed by atoms with Gasteiger partial charge in [0.05, 0.1) is 25.8 Å². The normalized spacial score (nSPS) is 17.7. The van der Waals surface area contributed by atoms with E-state index in [4.69, 9.17) is 9.47 Å². The van der Waals surface area contributed by atoms with Gasteiger partial charge < -0.3 is 24.4 Å². The van der Waals surface area contributed by atoms with E-state index in [1.807, 2.05) is 70.1 Å². The molecule has 0 saturated carbocycles. The van der Waals surface area contributed by atoms with Gasteiger partial charge in [0.15, 0.2) is 0 Å². The van der Waals surface area contributed by atoms with Crippen molar-refractivity contribution in [2.24, 2.45) is 0 Å². The zero-order chi connectivity index (χ0) is 25.2. The molecule has 0 spiro atoms. The second kappa shape index (κ2) is 10.3. The number of hydrogen-bond acceptors (Lipinski definition) is 6. The largest absolute Gasteiger partial charge is 0.507 e. The van der Waals surface area contributed by atoms with Crippen molar-refractivity contribution in [1.29, 1.82) is 0 Å². The van der Waals surface area contributed by atoms with E-state index < -0.39 is 17.7 Å². The highest BCUT2D eigenvalue weighted by Crippen LogP contribution is 2.43. The maximum atomic E-state index is 13.3. The molecule has 1 heterocycles. The van der Waals surface area contributed by atoms with Crippen LogP contribution >= 0.6 is 0 Å². The number of carbonyl (C=O) groups is 2.